The Morgan fingerprint density at radius 1 is 1.47 bits per heavy atom. The maximum absolute atomic E-state index is 3.50. The molecule has 1 aliphatic carbocycles. The first-order valence-electron chi connectivity index (χ1n) is 5.87. The zero-order chi connectivity index (χ0) is 10.4. The summed E-state index contributed by atoms with van der Waals surface area (Å²) in [5, 5.41) is 3.50. The molecule has 0 radical (unpaired) electrons. The molecule has 0 saturated heterocycles. The van der Waals surface area contributed by atoms with Crippen molar-refractivity contribution in [2.45, 2.75) is 32.7 Å². The fourth-order valence-electron chi connectivity index (χ4n) is 2.84. The molecule has 1 atom stereocenters. The second kappa shape index (κ2) is 3.24. The van der Waals surface area contributed by atoms with Gasteiger partial charge in [0.2, 0.25) is 0 Å². The molecule has 2 heterocycles. The van der Waals surface area contributed by atoms with E-state index in [1.807, 2.05) is 0 Å². The van der Waals surface area contributed by atoms with Gasteiger partial charge in [0.05, 0.1) is 0 Å². The summed E-state index contributed by atoms with van der Waals surface area (Å²) in [6.45, 7) is 7.82. The van der Waals surface area contributed by atoms with E-state index in [9.17, 15) is 0 Å². The molecule has 2 nitrogen and oxygen atoms in total. The summed E-state index contributed by atoms with van der Waals surface area (Å²) in [5.41, 5.74) is 6.00. The molecule has 1 aromatic rings. The van der Waals surface area contributed by atoms with Gasteiger partial charge in [-0.2, -0.15) is 0 Å². The van der Waals surface area contributed by atoms with E-state index in [0.717, 1.165) is 19.6 Å². The molecule has 3 rings (SSSR count). The number of nitrogens with one attached hydrogen (secondary N) is 1. The minimum absolute atomic E-state index is 0.696. The van der Waals surface area contributed by atoms with Gasteiger partial charge in [-0.1, -0.05) is 13.0 Å². The van der Waals surface area contributed by atoms with E-state index >= 15 is 0 Å². The SMILES string of the molecule is Cc1cc2c3n1CCNCC3=CCC2C. The van der Waals surface area contributed by atoms with Crippen molar-refractivity contribution >= 4 is 5.57 Å². The van der Waals surface area contributed by atoms with Crippen LogP contribution in [-0.4, -0.2) is 17.7 Å². The van der Waals surface area contributed by atoms with Crippen LogP contribution in [0.1, 0.15) is 36.2 Å². The molecule has 0 fully saturated rings. The highest BCUT2D eigenvalue weighted by molar-refractivity contribution is 5.71. The number of aryl methyl sites for hydroxylation is 1. The molecule has 2 heteroatoms. The van der Waals surface area contributed by atoms with E-state index in [0.29, 0.717) is 5.92 Å². The Morgan fingerprint density at radius 3 is 3.20 bits per heavy atom. The minimum atomic E-state index is 0.696. The summed E-state index contributed by atoms with van der Waals surface area (Å²) in [4.78, 5) is 0. The van der Waals surface area contributed by atoms with E-state index in [1.54, 1.807) is 5.56 Å². The molecular formula is C13H18N2. The van der Waals surface area contributed by atoms with Crippen LogP contribution < -0.4 is 5.32 Å². The van der Waals surface area contributed by atoms with Crippen LogP contribution in [0.5, 0.6) is 0 Å². The second-order valence-electron chi connectivity index (χ2n) is 4.78. The van der Waals surface area contributed by atoms with Gasteiger partial charge in [-0.15, -0.1) is 0 Å². The lowest BCUT2D eigenvalue weighted by molar-refractivity contribution is 0.636. The largest absolute Gasteiger partial charge is 0.344 e. The lowest BCUT2D eigenvalue weighted by Crippen LogP contribution is -2.17. The van der Waals surface area contributed by atoms with Crippen molar-refractivity contribution in [1.82, 2.24) is 9.88 Å². The van der Waals surface area contributed by atoms with Crippen LogP contribution in [-0.2, 0) is 6.54 Å². The number of hydrogen-bond acceptors (Lipinski definition) is 1. The summed E-state index contributed by atoms with van der Waals surface area (Å²) in [7, 11) is 0. The average molecular weight is 202 g/mol. The maximum Gasteiger partial charge on any atom is 0.0487 e. The molecule has 1 aromatic heterocycles. The van der Waals surface area contributed by atoms with Gasteiger partial charge >= 0.3 is 0 Å². The smallest absolute Gasteiger partial charge is 0.0487 e. The molecule has 15 heavy (non-hydrogen) atoms. The molecule has 80 valence electrons. The molecule has 0 amide bonds. The standard InChI is InChI=1S/C13H18N2/c1-9-3-4-11-8-14-5-6-15-10(2)7-12(9)13(11)15/h4,7,9,14H,3,5-6,8H2,1-2H3. The fraction of sp³-hybridized carbons (Fsp3) is 0.538. The van der Waals surface area contributed by atoms with Crippen molar-refractivity contribution in [3.8, 4) is 0 Å². The van der Waals surface area contributed by atoms with Crippen molar-refractivity contribution in [2.75, 3.05) is 13.1 Å². The Hall–Kier alpha value is -1.02. The topological polar surface area (TPSA) is 17.0 Å². The van der Waals surface area contributed by atoms with Crippen LogP contribution in [0.3, 0.4) is 0 Å². The van der Waals surface area contributed by atoms with E-state index in [1.165, 1.54) is 23.4 Å². The monoisotopic (exact) mass is 202 g/mol. The number of rotatable bonds is 0. The molecule has 0 saturated carbocycles. The van der Waals surface area contributed by atoms with Gasteiger partial charge in [-0.3, -0.25) is 0 Å². The Kier molecular flexibility index (Phi) is 1.99. The van der Waals surface area contributed by atoms with Crippen LogP contribution in [0.2, 0.25) is 0 Å². The lowest BCUT2D eigenvalue weighted by Gasteiger charge is -2.20. The van der Waals surface area contributed by atoms with Crippen molar-refractivity contribution in [1.29, 1.82) is 0 Å². The number of nitrogens with zero attached hydrogens (tertiary/aromatic N) is 1. The van der Waals surface area contributed by atoms with Gasteiger partial charge in [0, 0.05) is 31.0 Å². The third kappa shape index (κ3) is 1.28. The first-order valence-corrected chi connectivity index (χ1v) is 5.87. The Bertz CT molecular complexity index is 426. The Labute approximate surface area is 91.0 Å². The zero-order valence-electron chi connectivity index (χ0n) is 9.51. The second-order valence-corrected chi connectivity index (χ2v) is 4.78. The Balaban J connectivity index is 2.23. The van der Waals surface area contributed by atoms with Gasteiger partial charge in [0.1, 0.15) is 0 Å². The summed E-state index contributed by atoms with van der Waals surface area (Å²) >= 11 is 0. The lowest BCUT2D eigenvalue weighted by atomic mass is 9.88. The predicted molar refractivity (Wildman–Crippen MR) is 63.0 cm³/mol. The Morgan fingerprint density at radius 2 is 2.33 bits per heavy atom. The fourth-order valence-corrected chi connectivity index (χ4v) is 2.84. The van der Waals surface area contributed by atoms with Crippen molar-refractivity contribution in [3.05, 3.63) is 29.1 Å². The molecule has 1 aliphatic heterocycles. The van der Waals surface area contributed by atoms with Gasteiger partial charge in [0.15, 0.2) is 0 Å². The number of hydrogen-bond donors (Lipinski definition) is 1. The maximum atomic E-state index is 3.50. The molecule has 0 bridgehead atoms. The van der Waals surface area contributed by atoms with E-state index in [4.69, 9.17) is 0 Å². The van der Waals surface area contributed by atoms with Crippen molar-refractivity contribution in [2.24, 2.45) is 0 Å². The highest BCUT2D eigenvalue weighted by Crippen LogP contribution is 2.36. The van der Waals surface area contributed by atoms with Gasteiger partial charge < -0.3 is 9.88 Å². The van der Waals surface area contributed by atoms with E-state index in [2.05, 4.69) is 35.9 Å². The van der Waals surface area contributed by atoms with Crippen molar-refractivity contribution in [3.63, 3.8) is 0 Å². The van der Waals surface area contributed by atoms with Gasteiger partial charge in [0.25, 0.3) is 0 Å². The van der Waals surface area contributed by atoms with E-state index in [-0.39, 0.29) is 0 Å². The summed E-state index contributed by atoms with van der Waals surface area (Å²) in [6.07, 6.45) is 3.62. The molecule has 1 N–H and O–H groups in total. The highest BCUT2D eigenvalue weighted by Gasteiger charge is 2.24. The third-order valence-electron chi connectivity index (χ3n) is 3.71. The van der Waals surface area contributed by atoms with Gasteiger partial charge in [-0.25, -0.2) is 0 Å². The average Bonchev–Trinajstić information content (AvgIpc) is 2.45. The normalized spacial score (nSPS) is 24.4. The molecule has 0 spiro atoms. The number of aromatic nitrogens is 1. The number of allylic oxidation sites excluding steroid dienone is 1. The molecule has 2 aliphatic rings. The zero-order valence-corrected chi connectivity index (χ0v) is 9.51. The molecular weight excluding hydrogens is 184 g/mol. The summed E-state index contributed by atoms with van der Waals surface area (Å²) < 4.78 is 2.48. The van der Waals surface area contributed by atoms with Crippen LogP contribution >= 0.6 is 0 Å². The minimum Gasteiger partial charge on any atom is -0.344 e. The quantitative estimate of drug-likeness (QED) is 0.683. The van der Waals surface area contributed by atoms with Gasteiger partial charge in [-0.05, 0) is 36.5 Å². The molecule has 0 aromatic carbocycles. The first kappa shape index (κ1) is 9.22. The third-order valence-corrected chi connectivity index (χ3v) is 3.71. The highest BCUT2D eigenvalue weighted by atomic mass is 15.1. The molecule has 1 unspecified atom stereocenters. The first-order chi connectivity index (χ1) is 7.27. The van der Waals surface area contributed by atoms with E-state index < -0.39 is 0 Å². The summed E-state index contributed by atoms with van der Waals surface area (Å²) in [6, 6.07) is 2.39. The van der Waals surface area contributed by atoms with Crippen LogP contribution in [0.4, 0.5) is 0 Å². The van der Waals surface area contributed by atoms with Crippen molar-refractivity contribution < 1.29 is 0 Å². The van der Waals surface area contributed by atoms with Crippen LogP contribution in [0.15, 0.2) is 12.1 Å². The predicted octanol–water partition coefficient (Wildman–Crippen LogP) is 2.29. The van der Waals surface area contributed by atoms with Crippen LogP contribution in [0.25, 0.3) is 5.57 Å². The summed E-state index contributed by atoms with van der Waals surface area (Å²) in [5.74, 6) is 0.696. The van der Waals surface area contributed by atoms with Crippen LogP contribution in [0, 0.1) is 6.92 Å².